The van der Waals surface area contributed by atoms with E-state index in [0.29, 0.717) is 11.8 Å². The lowest BCUT2D eigenvalue weighted by Crippen LogP contribution is -2.22. The van der Waals surface area contributed by atoms with Gasteiger partial charge in [0, 0.05) is 32.1 Å². The Hall–Kier alpha value is -1.16. The van der Waals surface area contributed by atoms with E-state index >= 15 is 0 Å². The molecule has 0 bridgehead atoms. The minimum atomic E-state index is 0.283. The summed E-state index contributed by atoms with van der Waals surface area (Å²) in [7, 11) is 0. The SMILES string of the molecule is CC(C)c1cnc(N2CCC(CCO)C2)nc1. The molecule has 1 saturated heterocycles. The van der Waals surface area contributed by atoms with Gasteiger partial charge in [-0.2, -0.15) is 0 Å². The highest BCUT2D eigenvalue weighted by molar-refractivity contribution is 5.32. The van der Waals surface area contributed by atoms with Crippen LogP contribution in [0.3, 0.4) is 0 Å². The predicted octanol–water partition coefficient (Wildman–Crippen LogP) is 1.81. The number of aliphatic hydroxyl groups is 1. The molecule has 0 amide bonds. The van der Waals surface area contributed by atoms with E-state index in [9.17, 15) is 0 Å². The van der Waals surface area contributed by atoms with Gasteiger partial charge in [-0.1, -0.05) is 13.8 Å². The molecule has 4 nitrogen and oxygen atoms in total. The van der Waals surface area contributed by atoms with E-state index in [0.717, 1.165) is 31.9 Å². The van der Waals surface area contributed by atoms with Crippen LogP contribution in [0.15, 0.2) is 12.4 Å². The van der Waals surface area contributed by atoms with Gasteiger partial charge in [-0.25, -0.2) is 9.97 Å². The molecule has 1 N–H and O–H groups in total. The maximum absolute atomic E-state index is 8.93. The molecule has 0 aromatic carbocycles. The molecule has 17 heavy (non-hydrogen) atoms. The number of hydrogen-bond donors (Lipinski definition) is 1. The summed E-state index contributed by atoms with van der Waals surface area (Å²) in [6.45, 7) is 6.55. The van der Waals surface area contributed by atoms with Gasteiger partial charge in [0.15, 0.2) is 0 Å². The van der Waals surface area contributed by atoms with E-state index in [1.807, 2.05) is 12.4 Å². The smallest absolute Gasteiger partial charge is 0.225 e. The second kappa shape index (κ2) is 5.45. The van der Waals surface area contributed by atoms with Crippen molar-refractivity contribution in [2.75, 3.05) is 24.6 Å². The van der Waals surface area contributed by atoms with Crippen LogP contribution < -0.4 is 4.90 Å². The van der Waals surface area contributed by atoms with Gasteiger partial charge in [0.1, 0.15) is 0 Å². The largest absolute Gasteiger partial charge is 0.396 e. The van der Waals surface area contributed by atoms with Crippen LogP contribution in [-0.2, 0) is 0 Å². The molecule has 1 atom stereocenters. The molecule has 1 aromatic rings. The summed E-state index contributed by atoms with van der Waals surface area (Å²) < 4.78 is 0. The van der Waals surface area contributed by atoms with E-state index < -0.39 is 0 Å². The number of aliphatic hydroxyl groups excluding tert-OH is 1. The van der Waals surface area contributed by atoms with Crippen LogP contribution in [0.2, 0.25) is 0 Å². The Bertz CT molecular complexity index is 350. The second-order valence-electron chi connectivity index (χ2n) is 5.08. The van der Waals surface area contributed by atoms with Crippen LogP contribution in [0.4, 0.5) is 5.95 Å². The average molecular weight is 235 g/mol. The average Bonchev–Trinajstić information content (AvgIpc) is 2.78. The maximum Gasteiger partial charge on any atom is 0.225 e. The third-order valence-corrected chi connectivity index (χ3v) is 3.43. The van der Waals surface area contributed by atoms with Gasteiger partial charge in [0.2, 0.25) is 5.95 Å². The number of rotatable bonds is 4. The zero-order chi connectivity index (χ0) is 12.3. The Kier molecular flexibility index (Phi) is 3.94. The highest BCUT2D eigenvalue weighted by atomic mass is 16.3. The Morgan fingerprint density at radius 2 is 2.12 bits per heavy atom. The molecule has 1 fully saturated rings. The van der Waals surface area contributed by atoms with Gasteiger partial charge in [-0.15, -0.1) is 0 Å². The molecule has 1 aliphatic rings. The third kappa shape index (κ3) is 2.94. The van der Waals surface area contributed by atoms with Gasteiger partial charge in [-0.05, 0) is 30.2 Å². The molecule has 4 heteroatoms. The van der Waals surface area contributed by atoms with Crippen LogP contribution in [0, 0.1) is 5.92 Å². The topological polar surface area (TPSA) is 49.2 Å². The van der Waals surface area contributed by atoms with Crippen LogP contribution >= 0.6 is 0 Å². The first-order valence-electron chi connectivity index (χ1n) is 6.38. The first kappa shape index (κ1) is 12.3. The van der Waals surface area contributed by atoms with Crippen molar-refractivity contribution < 1.29 is 5.11 Å². The maximum atomic E-state index is 8.93. The highest BCUT2D eigenvalue weighted by Gasteiger charge is 2.23. The fourth-order valence-electron chi connectivity index (χ4n) is 2.23. The summed E-state index contributed by atoms with van der Waals surface area (Å²) >= 11 is 0. The van der Waals surface area contributed by atoms with Gasteiger partial charge >= 0.3 is 0 Å². The number of nitrogens with zero attached hydrogens (tertiary/aromatic N) is 3. The van der Waals surface area contributed by atoms with Crippen molar-refractivity contribution in [3.05, 3.63) is 18.0 Å². The molecule has 0 spiro atoms. The number of anilines is 1. The van der Waals surface area contributed by atoms with Crippen molar-refractivity contribution >= 4 is 5.95 Å². The highest BCUT2D eigenvalue weighted by Crippen LogP contribution is 2.23. The lowest BCUT2D eigenvalue weighted by atomic mass is 10.1. The predicted molar refractivity (Wildman–Crippen MR) is 68.1 cm³/mol. The Morgan fingerprint density at radius 1 is 1.41 bits per heavy atom. The van der Waals surface area contributed by atoms with Crippen molar-refractivity contribution in [3.8, 4) is 0 Å². The van der Waals surface area contributed by atoms with E-state index in [-0.39, 0.29) is 6.61 Å². The summed E-state index contributed by atoms with van der Waals surface area (Å²) in [4.78, 5) is 11.1. The molecular weight excluding hydrogens is 214 g/mol. The van der Waals surface area contributed by atoms with Gasteiger partial charge in [-0.3, -0.25) is 0 Å². The zero-order valence-corrected chi connectivity index (χ0v) is 10.6. The summed E-state index contributed by atoms with van der Waals surface area (Å²) in [6.07, 6.45) is 5.87. The summed E-state index contributed by atoms with van der Waals surface area (Å²) in [5, 5.41) is 8.93. The quantitative estimate of drug-likeness (QED) is 0.864. The molecule has 1 aliphatic heterocycles. The van der Waals surface area contributed by atoms with E-state index in [2.05, 4.69) is 28.7 Å². The third-order valence-electron chi connectivity index (χ3n) is 3.43. The minimum Gasteiger partial charge on any atom is -0.396 e. The lowest BCUT2D eigenvalue weighted by Gasteiger charge is -2.16. The summed E-state index contributed by atoms with van der Waals surface area (Å²) in [5.41, 5.74) is 1.18. The van der Waals surface area contributed by atoms with Crippen LogP contribution in [0.25, 0.3) is 0 Å². The molecule has 1 aromatic heterocycles. The van der Waals surface area contributed by atoms with Crippen LogP contribution in [0.1, 0.15) is 38.2 Å². The van der Waals surface area contributed by atoms with E-state index in [1.54, 1.807) is 0 Å². The summed E-state index contributed by atoms with van der Waals surface area (Å²) in [6, 6.07) is 0. The fourth-order valence-corrected chi connectivity index (χ4v) is 2.23. The molecule has 1 unspecified atom stereocenters. The zero-order valence-electron chi connectivity index (χ0n) is 10.6. The molecule has 2 rings (SSSR count). The number of aromatic nitrogens is 2. The first-order chi connectivity index (χ1) is 8.20. The van der Waals surface area contributed by atoms with Crippen molar-refractivity contribution in [3.63, 3.8) is 0 Å². The normalized spacial score (nSPS) is 20.2. The number of hydrogen-bond acceptors (Lipinski definition) is 4. The standard InChI is InChI=1S/C13H21N3O/c1-10(2)12-7-14-13(15-8-12)16-5-3-11(9-16)4-6-17/h7-8,10-11,17H,3-6,9H2,1-2H3. The second-order valence-corrected chi connectivity index (χ2v) is 5.08. The van der Waals surface area contributed by atoms with Crippen LogP contribution in [-0.4, -0.2) is 34.8 Å². The Balaban J connectivity index is 1.99. The van der Waals surface area contributed by atoms with Crippen molar-refractivity contribution in [2.24, 2.45) is 5.92 Å². The summed E-state index contributed by atoms with van der Waals surface area (Å²) in [5.74, 6) is 1.90. The minimum absolute atomic E-state index is 0.283. The Morgan fingerprint density at radius 3 is 2.71 bits per heavy atom. The van der Waals surface area contributed by atoms with E-state index in [1.165, 1.54) is 5.56 Å². The fraction of sp³-hybridized carbons (Fsp3) is 0.692. The van der Waals surface area contributed by atoms with Crippen molar-refractivity contribution in [1.29, 1.82) is 0 Å². The molecule has 0 saturated carbocycles. The molecule has 0 radical (unpaired) electrons. The monoisotopic (exact) mass is 235 g/mol. The molecule has 94 valence electrons. The molecular formula is C13H21N3O. The van der Waals surface area contributed by atoms with E-state index in [4.69, 9.17) is 5.11 Å². The van der Waals surface area contributed by atoms with Gasteiger partial charge < -0.3 is 10.0 Å². The molecule has 0 aliphatic carbocycles. The van der Waals surface area contributed by atoms with Crippen molar-refractivity contribution in [1.82, 2.24) is 9.97 Å². The molecule has 2 heterocycles. The lowest BCUT2D eigenvalue weighted by molar-refractivity contribution is 0.263. The van der Waals surface area contributed by atoms with Gasteiger partial charge in [0.05, 0.1) is 0 Å². The first-order valence-corrected chi connectivity index (χ1v) is 6.38. The van der Waals surface area contributed by atoms with Crippen LogP contribution in [0.5, 0.6) is 0 Å². The van der Waals surface area contributed by atoms with Gasteiger partial charge in [0.25, 0.3) is 0 Å². The van der Waals surface area contributed by atoms with Crippen molar-refractivity contribution in [2.45, 2.75) is 32.6 Å². The Labute approximate surface area is 103 Å².